The van der Waals surface area contributed by atoms with E-state index in [1.807, 2.05) is 13.0 Å². The molecule has 1 atom stereocenters. The zero-order chi connectivity index (χ0) is 22.8. The van der Waals surface area contributed by atoms with Gasteiger partial charge in [0.05, 0.1) is 4.90 Å². The smallest absolute Gasteiger partial charge is 0.243 e. The summed E-state index contributed by atoms with van der Waals surface area (Å²) in [7, 11) is -3.74. The molecule has 2 aromatic rings. The molecule has 0 saturated heterocycles. The molecule has 1 aliphatic carbocycles. The summed E-state index contributed by atoms with van der Waals surface area (Å²) >= 11 is 0. The van der Waals surface area contributed by atoms with Gasteiger partial charge < -0.3 is 14.8 Å². The van der Waals surface area contributed by atoms with E-state index in [9.17, 15) is 13.2 Å². The molecule has 2 aromatic carbocycles. The summed E-state index contributed by atoms with van der Waals surface area (Å²) in [6.45, 7) is 3.47. The number of hydrogen-bond acceptors (Lipinski definition) is 5. The Morgan fingerprint density at radius 3 is 2.52 bits per heavy atom. The molecule has 4 aliphatic rings. The Kier molecular flexibility index (Phi) is 4.75. The van der Waals surface area contributed by atoms with Crippen LogP contribution in [0.3, 0.4) is 0 Å². The van der Waals surface area contributed by atoms with Gasteiger partial charge in [0.2, 0.25) is 15.9 Å². The molecule has 7 nitrogen and oxygen atoms in total. The van der Waals surface area contributed by atoms with Crippen LogP contribution in [0.15, 0.2) is 35.2 Å². The third kappa shape index (κ3) is 3.26. The number of anilines is 1. The summed E-state index contributed by atoms with van der Waals surface area (Å²) in [4.78, 5) is 12.0. The van der Waals surface area contributed by atoms with Gasteiger partial charge in [0.25, 0.3) is 0 Å². The van der Waals surface area contributed by atoms with E-state index in [4.69, 9.17) is 9.47 Å². The minimum Gasteiger partial charge on any atom is -0.486 e. The Morgan fingerprint density at radius 2 is 1.76 bits per heavy atom. The van der Waals surface area contributed by atoms with Crippen molar-refractivity contribution in [2.45, 2.75) is 61.8 Å². The topological polar surface area (TPSA) is 84.9 Å². The van der Waals surface area contributed by atoms with Crippen molar-refractivity contribution in [2.75, 3.05) is 25.1 Å². The number of benzene rings is 2. The molecule has 0 radical (unpaired) electrons. The standard InChI is InChI=1S/C25H28N2O5S/c1-16-19-13-22-23(32-11-10-31-22)14-20(19)25(8-2-3-9-25)15-27(16)33(29,30)18-5-6-21-17(12-18)4-7-24(28)26-21/h5-6,12-14,16H,2-4,7-11,15H2,1H3,(H,26,28)/t16-/m0/s1. The first-order chi connectivity index (χ1) is 15.9. The highest BCUT2D eigenvalue weighted by atomic mass is 32.2. The predicted octanol–water partition coefficient (Wildman–Crippen LogP) is 3.92. The van der Waals surface area contributed by atoms with Gasteiger partial charge in [-0.3, -0.25) is 4.79 Å². The number of carbonyl (C=O) groups is 1. The minimum absolute atomic E-state index is 0.0305. The van der Waals surface area contributed by atoms with E-state index in [1.54, 1.807) is 22.5 Å². The van der Waals surface area contributed by atoms with Gasteiger partial charge in [-0.15, -0.1) is 0 Å². The molecule has 8 heteroatoms. The van der Waals surface area contributed by atoms with E-state index in [-0.39, 0.29) is 17.4 Å². The van der Waals surface area contributed by atoms with Crippen LogP contribution in [0.4, 0.5) is 5.69 Å². The van der Waals surface area contributed by atoms with Crippen molar-refractivity contribution in [2.24, 2.45) is 0 Å². The average Bonchev–Trinajstić information content (AvgIpc) is 3.29. The number of nitrogens with zero attached hydrogens (tertiary/aromatic N) is 1. The lowest BCUT2D eigenvalue weighted by molar-refractivity contribution is -0.116. The third-order valence-corrected chi connectivity index (χ3v) is 9.68. The number of ether oxygens (including phenoxy) is 2. The van der Waals surface area contributed by atoms with Crippen LogP contribution >= 0.6 is 0 Å². The van der Waals surface area contributed by atoms with Crippen molar-refractivity contribution in [3.8, 4) is 11.5 Å². The van der Waals surface area contributed by atoms with Crippen molar-refractivity contribution in [1.82, 2.24) is 4.31 Å². The van der Waals surface area contributed by atoms with E-state index < -0.39 is 10.0 Å². The van der Waals surface area contributed by atoms with E-state index in [2.05, 4.69) is 11.4 Å². The quantitative estimate of drug-likeness (QED) is 0.722. The van der Waals surface area contributed by atoms with Crippen molar-refractivity contribution < 1.29 is 22.7 Å². The molecule has 33 heavy (non-hydrogen) atoms. The molecule has 1 fully saturated rings. The van der Waals surface area contributed by atoms with Gasteiger partial charge in [0, 0.05) is 30.1 Å². The fourth-order valence-electron chi connectivity index (χ4n) is 6.01. The molecule has 1 spiro atoms. The molecule has 0 bridgehead atoms. The predicted molar refractivity (Wildman–Crippen MR) is 123 cm³/mol. The highest BCUT2D eigenvalue weighted by Gasteiger charge is 2.48. The van der Waals surface area contributed by atoms with E-state index in [1.165, 1.54) is 5.56 Å². The molecule has 1 saturated carbocycles. The maximum absolute atomic E-state index is 14.0. The summed E-state index contributed by atoms with van der Waals surface area (Å²) in [6, 6.07) is 8.86. The number of hydrogen-bond donors (Lipinski definition) is 1. The number of amides is 1. The minimum atomic E-state index is -3.74. The van der Waals surface area contributed by atoms with Crippen molar-refractivity contribution >= 4 is 21.6 Å². The average molecular weight is 469 g/mol. The van der Waals surface area contributed by atoms with Crippen LogP contribution < -0.4 is 14.8 Å². The first-order valence-corrected chi connectivity index (χ1v) is 13.2. The Bertz CT molecular complexity index is 1250. The SMILES string of the molecule is C[C@H]1c2cc3c(cc2C2(CCCC2)CN1S(=O)(=O)c1ccc2c(c1)CCC(=O)N2)OCCO3. The highest BCUT2D eigenvalue weighted by molar-refractivity contribution is 7.89. The number of nitrogens with one attached hydrogen (secondary N) is 1. The number of carbonyl (C=O) groups excluding carboxylic acids is 1. The van der Waals surface area contributed by atoms with Crippen LogP contribution in [0.25, 0.3) is 0 Å². The largest absolute Gasteiger partial charge is 0.486 e. The first kappa shape index (κ1) is 21.0. The maximum atomic E-state index is 14.0. The summed E-state index contributed by atoms with van der Waals surface area (Å²) in [5, 5.41) is 2.84. The lowest BCUT2D eigenvalue weighted by Gasteiger charge is -2.45. The second kappa shape index (κ2) is 7.46. The molecule has 1 N–H and O–H groups in total. The van der Waals surface area contributed by atoms with E-state index in [0.29, 0.717) is 48.9 Å². The molecule has 3 aliphatic heterocycles. The van der Waals surface area contributed by atoms with Crippen LogP contribution in [0.5, 0.6) is 11.5 Å². The highest BCUT2D eigenvalue weighted by Crippen LogP contribution is 2.53. The van der Waals surface area contributed by atoms with Crippen LogP contribution in [-0.4, -0.2) is 38.4 Å². The van der Waals surface area contributed by atoms with Gasteiger partial charge in [-0.25, -0.2) is 8.42 Å². The Balaban J connectivity index is 1.44. The monoisotopic (exact) mass is 468 g/mol. The fraction of sp³-hybridized carbons (Fsp3) is 0.480. The number of rotatable bonds is 2. The van der Waals surface area contributed by atoms with Gasteiger partial charge in [0.1, 0.15) is 13.2 Å². The second-order valence-corrected chi connectivity index (χ2v) is 11.6. The number of fused-ring (bicyclic) bond motifs is 4. The Hall–Kier alpha value is -2.58. The summed E-state index contributed by atoms with van der Waals surface area (Å²) in [6.07, 6.45) is 5.04. The van der Waals surface area contributed by atoms with Crippen molar-refractivity contribution in [3.63, 3.8) is 0 Å². The zero-order valence-corrected chi connectivity index (χ0v) is 19.5. The van der Waals surface area contributed by atoms with Crippen molar-refractivity contribution in [1.29, 1.82) is 0 Å². The molecule has 0 unspecified atom stereocenters. The van der Waals surface area contributed by atoms with Crippen LogP contribution in [0.1, 0.15) is 61.8 Å². The number of sulfonamides is 1. The maximum Gasteiger partial charge on any atom is 0.243 e. The third-order valence-electron chi connectivity index (χ3n) is 7.77. The van der Waals surface area contributed by atoms with Gasteiger partial charge in [-0.2, -0.15) is 4.31 Å². The molecule has 3 heterocycles. The Labute approximate surface area is 194 Å². The molecule has 174 valence electrons. The van der Waals surface area contributed by atoms with Crippen LogP contribution in [-0.2, 0) is 26.7 Å². The molecular weight excluding hydrogens is 440 g/mol. The zero-order valence-electron chi connectivity index (χ0n) is 18.7. The van der Waals surface area contributed by atoms with Crippen LogP contribution in [0, 0.1) is 0 Å². The summed E-state index contributed by atoms with van der Waals surface area (Å²) < 4.78 is 41.3. The lowest BCUT2D eigenvalue weighted by atomic mass is 9.72. The summed E-state index contributed by atoms with van der Waals surface area (Å²) in [5.41, 5.74) is 3.61. The Morgan fingerprint density at radius 1 is 1.03 bits per heavy atom. The lowest BCUT2D eigenvalue weighted by Crippen LogP contribution is -2.48. The molecule has 0 aromatic heterocycles. The second-order valence-electron chi connectivity index (χ2n) is 9.66. The molecule has 6 rings (SSSR count). The first-order valence-electron chi connectivity index (χ1n) is 11.8. The van der Waals surface area contributed by atoms with Gasteiger partial charge in [-0.05, 0) is 73.2 Å². The van der Waals surface area contributed by atoms with E-state index in [0.717, 1.165) is 42.6 Å². The normalized spacial score (nSPS) is 23.7. The number of aryl methyl sites for hydroxylation is 1. The van der Waals surface area contributed by atoms with Gasteiger partial charge >= 0.3 is 0 Å². The summed E-state index contributed by atoms with van der Waals surface area (Å²) in [5.74, 6) is 1.44. The molecule has 1 amide bonds. The molecular formula is C25H28N2O5S. The fourth-order valence-corrected chi connectivity index (χ4v) is 7.76. The van der Waals surface area contributed by atoms with E-state index >= 15 is 0 Å². The van der Waals surface area contributed by atoms with Gasteiger partial charge in [-0.1, -0.05) is 12.8 Å². The van der Waals surface area contributed by atoms with Crippen LogP contribution in [0.2, 0.25) is 0 Å². The van der Waals surface area contributed by atoms with Crippen molar-refractivity contribution in [3.05, 3.63) is 47.0 Å². The van der Waals surface area contributed by atoms with Gasteiger partial charge in [0.15, 0.2) is 11.5 Å².